The molecular formula is C22H26N2O3. The summed E-state index contributed by atoms with van der Waals surface area (Å²) in [4.78, 5) is 17.3. The molecule has 0 aliphatic carbocycles. The van der Waals surface area contributed by atoms with Crippen LogP contribution in [0.5, 0.6) is 11.5 Å². The van der Waals surface area contributed by atoms with E-state index < -0.39 is 0 Å². The second kappa shape index (κ2) is 8.73. The van der Waals surface area contributed by atoms with Gasteiger partial charge in [-0.25, -0.2) is 0 Å². The Hall–Kier alpha value is -2.79. The number of allylic oxidation sites excluding steroid dienone is 1. The number of likely N-dealkylation sites (N-methyl/N-ethyl adjacent to an activating group) is 1. The van der Waals surface area contributed by atoms with Gasteiger partial charge in [0, 0.05) is 37.9 Å². The monoisotopic (exact) mass is 366 g/mol. The first-order valence-electron chi connectivity index (χ1n) is 9.08. The van der Waals surface area contributed by atoms with Crippen molar-refractivity contribution >= 4 is 17.5 Å². The van der Waals surface area contributed by atoms with Gasteiger partial charge in [0.2, 0.25) is 0 Å². The molecule has 0 amide bonds. The van der Waals surface area contributed by atoms with Crippen molar-refractivity contribution in [3.05, 3.63) is 59.7 Å². The predicted octanol–water partition coefficient (Wildman–Crippen LogP) is 3.35. The molecule has 0 unspecified atom stereocenters. The number of benzene rings is 2. The Morgan fingerprint density at radius 2 is 1.67 bits per heavy atom. The van der Waals surface area contributed by atoms with Crippen LogP contribution >= 0.6 is 0 Å². The number of hydrogen-bond donors (Lipinski definition) is 0. The number of rotatable bonds is 6. The Kier molecular flexibility index (Phi) is 6.14. The lowest BCUT2D eigenvalue weighted by Gasteiger charge is -2.34. The zero-order chi connectivity index (χ0) is 19.2. The molecule has 2 aromatic carbocycles. The molecule has 0 atom stereocenters. The van der Waals surface area contributed by atoms with E-state index in [1.807, 2.05) is 18.2 Å². The highest BCUT2D eigenvalue weighted by molar-refractivity contribution is 6.08. The van der Waals surface area contributed by atoms with Crippen molar-refractivity contribution in [2.45, 2.75) is 0 Å². The Morgan fingerprint density at radius 3 is 2.30 bits per heavy atom. The van der Waals surface area contributed by atoms with Crippen molar-refractivity contribution in [3.8, 4) is 11.5 Å². The molecule has 1 saturated heterocycles. The molecule has 3 rings (SSSR count). The van der Waals surface area contributed by atoms with Crippen LogP contribution in [0, 0.1) is 0 Å². The average molecular weight is 366 g/mol. The van der Waals surface area contributed by atoms with Gasteiger partial charge >= 0.3 is 0 Å². The van der Waals surface area contributed by atoms with E-state index in [0.29, 0.717) is 17.1 Å². The number of carbonyl (C=O) groups excluding carboxylic acids is 1. The number of piperazine rings is 1. The second-order valence-corrected chi connectivity index (χ2v) is 6.65. The van der Waals surface area contributed by atoms with Crippen LogP contribution < -0.4 is 14.4 Å². The average Bonchev–Trinajstić information content (AvgIpc) is 2.72. The van der Waals surface area contributed by atoms with E-state index in [1.165, 1.54) is 5.69 Å². The third-order valence-corrected chi connectivity index (χ3v) is 4.86. The normalized spacial score (nSPS) is 15.1. The lowest BCUT2D eigenvalue weighted by atomic mass is 10.1. The lowest BCUT2D eigenvalue weighted by Crippen LogP contribution is -2.44. The summed E-state index contributed by atoms with van der Waals surface area (Å²) in [5, 5.41) is 0. The highest BCUT2D eigenvalue weighted by Gasteiger charge is 2.14. The molecule has 0 radical (unpaired) electrons. The number of hydrogen-bond acceptors (Lipinski definition) is 5. The molecule has 0 bridgehead atoms. The lowest BCUT2D eigenvalue weighted by molar-refractivity contribution is 0.104. The van der Waals surface area contributed by atoms with Gasteiger partial charge in [0.25, 0.3) is 0 Å². The number of nitrogens with zero attached hydrogens (tertiary/aromatic N) is 2. The summed E-state index contributed by atoms with van der Waals surface area (Å²) in [6, 6.07) is 13.5. The molecule has 5 nitrogen and oxygen atoms in total. The summed E-state index contributed by atoms with van der Waals surface area (Å²) in [7, 11) is 5.29. The third kappa shape index (κ3) is 4.68. The summed E-state index contributed by atoms with van der Waals surface area (Å²) in [6.07, 6.45) is 3.41. The summed E-state index contributed by atoms with van der Waals surface area (Å²) in [6.45, 7) is 4.25. The SMILES string of the molecule is COc1ccc(C(=O)/C=C/c2ccc(N3CCN(C)CC3)cc2)c(OC)c1. The molecule has 0 spiro atoms. The standard InChI is InChI=1S/C22H26N2O3/c1-23-12-14-24(15-13-23)18-7-4-17(5-8-18)6-11-21(25)20-10-9-19(26-2)16-22(20)27-3/h4-11,16H,12-15H2,1-3H3/b11-6+. The number of anilines is 1. The second-order valence-electron chi connectivity index (χ2n) is 6.65. The number of methoxy groups -OCH3 is 2. The molecule has 27 heavy (non-hydrogen) atoms. The van der Waals surface area contributed by atoms with Gasteiger partial charge in [-0.1, -0.05) is 18.2 Å². The van der Waals surface area contributed by atoms with Gasteiger partial charge in [-0.3, -0.25) is 4.79 Å². The molecule has 0 aromatic heterocycles. The molecule has 1 aliphatic rings. The van der Waals surface area contributed by atoms with Gasteiger partial charge in [0.15, 0.2) is 5.78 Å². The molecule has 2 aromatic rings. The first-order chi connectivity index (χ1) is 13.1. The van der Waals surface area contributed by atoms with Gasteiger partial charge in [0.1, 0.15) is 11.5 Å². The van der Waals surface area contributed by atoms with Crippen LogP contribution in [0.1, 0.15) is 15.9 Å². The van der Waals surface area contributed by atoms with Gasteiger partial charge in [-0.05, 0) is 43.0 Å². The Bertz CT molecular complexity index is 807. The minimum absolute atomic E-state index is 0.0994. The topological polar surface area (TPSA) is 42.0 Å². The van der Waals surface area contributed by atoms with Gasteiger partial charge in [-0.15, -0.1) is 0 Å². The van der Waals surface area contributed by atoms with Crippen LogP contribution in [0.15, 0.2) is 48.5 Å². The van der Waals surface area contributed by atoms with Gasteiger partial charge < -0.3 is 19.3 Å². The van der Waals surface area contributed by atoms with E-state index in [0.717, 1.165) is 31.7 Å². The molecule has 0 N–H and O–H groups in total. The zero-order valence-electron chi connectivity index (χ0n) is 16.1. The van der Waals surface area contributed by atoms with E-state index >= 15 is 0 Å². The van der Waals surface area contributed by atoms with Crippen LogP contribution in [0.4, 0.5) is 5.69 Å². The number of carbonyl (C=O) groups is 1. The molecule has 142 valence electrons. The van der Waals surface area contributed by atoms with E-state index in [2.05, 4.69) is 29.0 Å². The maximum absolute atomic E-state index is 12.5. The summed E-state index contributed by atoms with van der Waals surface area (Å²) >= 11 is 0. The molecule has 1 aliphatic heterocycles. The fourth-order valence-corrected chi connectivity index (χ4v) is 3.12. The summed E-state index contributed by atoms with van der Waals surface area (Å²) in [5.74, 6) is 1.07. The predicted molar refractivity (Wildman–Crippen MR) is 109 cm³/mol. The van der Waals surface area contributed by atoms with Crippen LogP contribution in [0.2, 0.25) is 0 Å². The first-order valence-corrected chi connectivity index (χ1v) is 9.08. The van der Waals surface area contributed by atoms with Gasteiger partial charge in [-0.2, -0.15) is 0 Å². The Balaban J connectivity index is 1.68. The summed E-state index contributed by atoms with van der Waals surface area (Å²) < 4.78 is 10.5. The van der Waals surface area contributed by atoms with Crippen LogP contribution in [0.25, 0.3) is 6.08 Å². The van der Waals surface area contributed by atoms with Crippen molar-refractivity contribution < 1.29 is 14.3 Å². The summed E-state index contributed by atoms with van der Waals surface area (Å²) in [5.41, 5.74) is 2.74. The van der Waals surface area contributed by atoms with Gasteiger partial charge in [0.05, 0.1) is 19.8 Å². The Morgan fingerprint density at radius 1 is 0.963 bits per heavy atom. The van der Waals surface area contributed by atoms with E-state index in [-0.39, 0.29) is 5.78 Å². The molecule has 5 heteroatoms. The fraction of sp³-hybridized carbons (Fsp3) is 0.318. The number of ether oxygens (including phenoxy) is 2. The smallest absolute Gasteiger partial charge is 0.189 e. The van der Waals surface area contributed by atoms with Crippen LogP contribution in [-0.2, 0) is 0 Å². The minimum Gasteiger partial charge on any atom is -0.497 e. The maximum Gasteiger partial charge on any atom is 0.189 e. The molecule has 1 fully saturated rings. The van der Waals surface area contributed by atoms with Crippen molar-refractivity contribution in [1.29, 1.82) is 0 Å². The molecule has 1 heterocycles. The van der Waals surface area contributed by atoms with Crippen molar-refractivity contribution in [3.63, 3.8) is 0 Å². The largest absolute Gasteiger partial charge is 0.497 e. The molecular weight excluding hydrogens is 340 g/mol. The van der Waals surface area contributed by atoms with E-state index in [4.69, 9.17) is 9.47 Å². The van der Waals surface area contributed by atoms with E-state index in [1.54, 1.807) is 38.5 Å². The van der Waals surface area contributed by atoms with Crippen LogP contribution in [0.3, 0.4) is 0 Å². The van der Waals surface area contributed by atoms with Crippen molar-refractivity contribution in [2.24, 2.45) is 0 Å². The Labute approximate surface area is 160 Å². The quantitative estimate of drug-likeness (QED) is 0.579. The molecule has 0 saturated carbocycles. The van der Waals surface area contributed by atoms with Crippen molar-refractivity contribution in [1.82, 2.24) is 4.90 Å². The maximum atomic E-state index is 12.5. The highest BCUT2D eigenvalue weighted by atomic mass is 16.5. The minimum atomic E-state index is -0.0994. The third-order valence-electron chi connectivity index (χ3n) is 4.86. The van der Waals surface area contributed by atoms with Crippen LogP contribution in [-0.4, -0.2) is 58.1 Å². The van der Waals surface area contributed by atoms with E-state index in [9.17, 15) is 4.79 Å². The zero-order valence-corrected chi connectivity index (χ0v) is 16.1. The number of ketones is 1. The van der Waals surface area contributed by atoms with Crippen molar-refractivity contribution in [2.75, 3.05) is 52.3 Å². The highest BCUT2D eigenvalue weighted by Crippen LogP contribution is 2.25. The fourth-order valence-electron chi connectivity index (χ4n) is 3.12. The first kappa shape index (κ1) is 19.0.